The summed E-state index contributed by atoms with van der Waals surface area (Å²) in [6.45, 7) is 1.89. The molecule has 6 heteroatoms. The molecule has 4 N–H and O–H groups in total. The van der Waals surface area contributed by atoms with Crippen LogP contribution in [0, 0.1) is 6.92 Å². The molecule has 0 unspecified atom stereocenters. The Morgan fingerprint density at radius 2 is 2.15 bits per heavy atom. The van der Waals surface area contributed by atoms with Gasteiger partial charge in [0.15, 0.2) is 0 Å². The maximum absolute atomic E-state index is 11.2. The van der Waals surface area contributed by atoms with Crippen LogP contribution in [0.5, 0.6) is 0 Å². The van der Waals surface area contributed by atoms with E-state index in [-0.39, 0.29) is 5.91 Å². The van der Waals surface area contributed by atoms with Crippen LogP contribution in [0.4, 0.5) is 4.79 Å². The third kappa shape index (κ3) is 2.75. The second-order valence-electron chi connectivity index (χ2n) is 2.39. The number of aryl methyl sites for hydroxylation is 1. The molecule has 0 radical (unpaired) electrons. The number of hydrogen-bond acceptors (Lipinski definition) is 3. The second-order valence-corrected chi connectivity index (χ2v) is 3.50. The van der Waals surface area contributed by atoms with Crippen LogP contribution in [0.1, 0.15) is 15.2 Å². The van der Waals surface area contributed by atoms with Crippen molar-refractivity contribution >= 4 is 23.3 Å². The summed E-state index contributed by atoms with van der Waals surface area (Å²) in [7, 11) is 0. The van der Waals surface area contributed by atoms with Crippen molar-refractivity contribution in [1.29, 1.82) is 0 Å². The molecule has 13 heavy (non-hydrogen) atoms. The van der Waals surface area contributed by atoms with Crippen LogP contribution in [0.3, 0.4) is 0 Å². The molecule has 0 spiro atoms. The van der Waals surface area contributed by atoms with Gasteiger partial charge in [-0.15, -0.1) is 11.3 Å². The molecule has 3 amide bonds. The number of primary amides is 1. The van der Waals surface area contributed by atoms with Crippen LogP contribution in [-0.4, -0.2) is 11.9 Å². The van der Waals surface area contributed by atoms with Crippen LogP contribution >= 0.6 is 11.3 Å². The van der Waals surface area contributed by atoms with Crippen LogP contribution in [0.25, 0.3) is 0 Å². The van der Waals surface area contributed by atoms with Gasteiger partial charge in [0, 0.05) is 10.3 Å². The smallest absolute Gasteiger partial charge is 0.330 e. The van der Waals surface area contributed by atoms with Crippen LogP contribution < -0.4 is 16.6 Å². The second kappa shape index (κ2) is 3.90. The minimum atomic E-state index is -0.791. The fraction of sp³-hybridized carbons (Fsp3) is 0.143. The predicted octanol–water partition coefficient (Wildman–Crippen LogP) is 0.370. The lowest BCUT2D eigenvalue weighted by Gasteiger charge is -2.01. The number of nitrogens with one attached hydrogen (secondary N) is 2. The lowest BCUT2D eigenvalue weighted by atomic mass is 10.3. The van der Waals surface area contributed by atoms with Crippen LogP contribution in [0.2, 0.25) is 0 Å². The number of hydrazine groups is 1. The number of hydrogen-bond donors (Lipinski definition) is 3. The van der Waals surface area contributed by atoms with Gasteiger partial charge in [-0.2, -0.15) is 0 Å². The Morgan fingerprint density at radius 1 is 1.46 bits per heavy atom. The quantitative estimate of drug-likeness (QED) is 0.571. The number of urea groups is 1. The van der Waals surface area contributed by atoms with Crippen molar-refractivity contribution in [2.75, 3.05) is 0 Å². The Kier molecular flexibility index (Phi) is 2.86. The summed E-state index contributed by atoms with van der Waals surface area (Å²) in [6.07, 6.45) is 0. The minimum absolute atomic E-state index is 0.372. The molecule has 5 nitrogen and oxygen atoms in total. The van der Waals surface area contributed by atoms with Crippen molar-refractivity contribution in [3.8, 4) is 0 Å². The summed E-state index contributed by atoms with van der Waals surface area (Å²) in [5.74, 6) is -0.372. The highest BCUT2D eigenvalue weighted by Gasteiger charge is 2.06. The van der Waals surface area contributed by atoms with Crippen molar-refractivity contribution in [2.24, 2.45) is 5.73 Å². The first-order valence-electron chi connectivity index (χ1n) is 3.50. The zero-order chi connectivity index (χ0) is 9.84. The summed E-state index contributed by atoms with van der Waals surface area (Å²) in [4.78, 5) is 22.5. The normalized spacial score (nSPS) is 9.31. The monoisotopic (exact) mass is 199 g/mol. The third-order valence-corrected chi connectivity index (χ3v) is 2.15. The SMILES string of the molecule is Cc1cc(C(=O)NNC(N)=O)cs1. The van der Waals surface area contributed by atoms with E-state index >= 15 is 0 Å². The van der Waals surface area contributed by atoms with Crippen molar-refractivity contribution in [1.82, 2.24) is 10.9 Å². The summed E-state index contributed by atoms with van der Waals surface area (Å²) < 4.78 is 0. The summed E-state index contributed by atoms with van der Waals surface area (Å²) >= 11 is 1.46. The van der Waals surface area contributed by atoms with E-state index in [0.717, 1.165) is 4.88 Å². The van der Waals surface area contributed by atoms with Gasteiger partial charge in [0.05, 0.1) is 5.56 Å². The Labute approximate surface area is 78.9 Å². The molecule has 1 rings (SSSR count). The van der Waals surface area contributed by atoms with Gasteiger partial charge in [-0.1, -0.05) is 0 Å². The fourth-order valence-corrected chi connectivity index (χ4v) is 1.44. The number of amides is 3. The topological polar surface area (TPSA) is 84.2 Å². The van der Waals surface area contributed by atoms with E-state index < -0.39 is 6.03 Å². The van der Waals surface area contributed by atoms with E-state index in [2.05, 4.69) is 5.43 Å². The highest BCUT2D eigenvalue weighted by molar-refractivity contribution is 7.10. The van der Waals surface area contributed by atoms with Gasteiger partial charge in [0.25, 0.3) is 5.91 Å². The molecule has 0 saturated carbocycles. The number of carbonyl (C=O) groups is 2. The lowest BCUT2D eigenvalue weighted by Crippen LogP contribution is -2.44. The number of nitrogens with two attached hydrogens (primary N) is 1. The van der Waals surface area contributed by atoms with Crippen molar-refractivity contribution in [3.05, 3.63) is 21.9 Å². The molecule has 1 aromatic heterocycles. The maximum Gasteiger partial charge on any atom is 0.330 e. The molecular weight excluding hydrogens is 190 g/mol. The number of carbonyl (C=O) groups excluding carboxylic acids is 2. The standard InChI is InChI=1S/C7H9N3O2S/c1-4-2-5(3-13-4)6(11)9-10-7(8)12/h2-3H,1H3,(H,9,11)(H3,8,10,12). The Bertz CT molecular complexity index is 334. The Hall–Kier alpha value is -1.56. The molecule has 1 aromatic rings. The fourth-order valence-electron chi connectivity index (χ4n) is 0.753. The molecule has 0 aliphatic heterocycles. The summed E-state index contributed by atoms with van der Waals surface area (Å²) in [5, 5.41) is 1.70. The first-order chi connectivity index (χ1) is 6.09. The first kappa shape index (κ1) is 9.53. The molecular formula is C7H9N3O2S. The van der Waals surface area contributed by atoms with Gasteiger partial charge in [-0.05, 0) is 13.0 Å². The molecule has 0 aliphatic rings. The Morgan fingerprint density at radius 3 is 2.62 bits per heavy atom. The van der Waals surface area contributed by atoms with E-state index in [1.165, 1.54) is 11.3 Å². The van der Waals surface area contributed by atoms with Gasteiger partial charge >= 0.3 is 6.03 Å². The lowest BCUT2D eigenvalue weighted by molar-refractivity contribution is 0.0938. The predicted molar refractivity (Wildman–Crippen MR) is 49.2 cm³/mol. The average molecular weight is 199 g/mol. The number of rotatable bonds is 1. The minimum Gasteiger partial charge on any atom is -0.350 e. The molecule has 70 valence electrons. The summed E-state index contributed by atoms with van der Waals surface area (Å²) in [6, 6.07) is 0.933. The van der Waals surface area contributed by atoms with Crippen LogP contribution in [0.15, 0.2) is 11.4 Å². The van der Waals surface area contributed by atoms with E-state index in [4.69, 9.17) is 5.73 Å². The number of thiophene rings is 1. The first-order valence-corrected chi connectivity index (χ1v) is 4.38. The molecule has 0 fully saturated rings. The van der Waals surface area contributed by atoms with Gasteiger partial charge < -0.3 is 5.73 Å². The van der Waals surface area contributed by atoms with E-state index in [1.807, 2.05) is 12.3 Å². The highest BCUT2D eigenvalue weighted by atomic mass is 32.1. The molecule has 0 saturated heterocycles. The zero-order valence-electron chi connectivity index (χ0n) is 6.96. The van der Waals surface area contributed by atoms with Gasteiger partial charge in [-0.25, -0.2) is 10.2 Å². The van der Waals surface area contributed by atoms with Crippen molar-refractivity contribution in [3.63, 3.8) is 0 Å². The molecule has 0 aromatic carbocycles. The van der Waals surface area contributed by atoms with E-state index in [0.29, 0.717) is 5.56 Å². The molecule has 0 aliphatic carbocycles. The van der Waals surface area contributed by atoms with E-state index in [9.17, 15) is 9.59 Å². The largest absolute Gasteiger partial charge is 0.350 e. The molecule has 1 heterocycles. The van der Waals surface area contributed by atoms with Gasteiger partial charge in [0.2, 0.25) is 0 Å². The Balaban J connectivity index is 2.54. The zero-order valence-corrected chi connectivity index (χ0v) is 7.77. The van der Waals surface area contributed by atoms with Crippen LogP contribution in [-0.2, 0) is 0 Å². The maximum atomic E-state index is 11.2. The van der Waals surface area contributed by atoms with Crippen molar-refractivity contribution < 1.29 is 9.59 Å². The van der Waals surface area contributed by atoms with Gasteiger partial charge in [0.1, 0.15) is 0 Å². The molecule has 0 bridgehead atoms. The third-order valence-electron chi connectivity index (χ3n) is 1.29. The molecule has 0 atom stereocenters. The van der Waals surface area contributed by atoms with E-state index in [1.54, 1.807) is 11.4 Å². The van der Waals surface area contributed by atoms with Gasteiger partial charge in [-0.3, -0.25) is 10.2 Å². The average Bonchev–Trinajstić information content (AvgIpc) is 2.47. The summed E-state index contributed by atoms with van der Waals surface area (Å²) in [5.41, 5.74) is 9.42. The van der Waals surface area contributed by atoms with Crippen molar-refractivity contribution in [2.45, 2.75) is 6.92 Å². The highest BCUT2D eigenvalue weighted by Crippen LogP contribution is 2.12.